The molecule has 17 heavy (non-hydrogen) atoms. The van der Waals surface area contributed by atoms with Crippen LogP contribution in [0.3, 0.4) is 0 Å². The van der Waals surface area contributed by atoms with Gasteiger partial charge in [0.05, 0.1) is 16.6 Å². The predicted octanol–water partition coefficient (Wildman–Crippen LogP) is 2.62. The molecule has 1 aromatic rings. The lowest BCUT2D eigenvalue weighted by Gasteiger charge is -2.05. The molecule has 6 heteroatoms. The van der Waals surface area contributed by atoms with Gasteiger partial charge in [-0.25, -0.2) is 0 Å². The Kier molecular flexibility index (Phi) is 4.45. The van der Waals surface area contributed by atoms with Crippen LogP contribution in [0.5, 0.6) is 0 Å². The van der Waals surface area contributed by atoms with E-state index in [4.69, 9.17) is 0 Å². The molecule has 0 aliphatic carbocycles. The molecule has 1 aromatic carbocycles. The third-order valence-electron chi connectivity index (χ3n) is 1.97. The van der Waals surface area contributed by atoms with Crippen LogP contribution in [0.1, 0.15) is 12.0 Å². The highest BCUT2D eigenvalue weighted by molar-refractivity contribution is 7.85. The highest BCUT2D eigenvalue weighted by Gasteiger charge is 2.31. The molecule has 0 saturated carbocycles. The van der Waals surface area contributed by atoms with Gasteiger partial charge < -0.3 is 0 Å². The van der Waals surface area contributed by atoms with Gasteiger partial charge in [-0.05, 0) is 19.1 Å². The summed E-state index contributed by atoms with van der Waals surface area (Å²) in [6, 6.07) is 6.49. The highest BCUT2D eigenvalue weighted by atomic mass is 32.2. The van der Waals surface area contributed by atoms with E-state index in [0.717, 1.165) is 5.56 Å². The summed E-state index contributed by atoms with van der Waals surface area (Å²) in [6.45, 7) is 1.83. The second-order valence-electron chi connectivity index (χ2n) is 3.63. The van der Waals surface area contributed by atoms with Crippen molar-refractivity contribution in [1.29, 1.82) is 0 Å². The van der Waals surface area contributed by atoms with Crippen LogP contribution in [-0.2, 0) is 15.6 Å². The van der Waals surface area contributed by atoms with Crippen molar-refractivity contribution in [3.63, 3.8) is 0 Å². The SMILES string of the molecule is Cc1ccc([S@](=O)CC(=O)CC(F)(F)F)cc1. The van der Waals surface area contributed by atoms with E-state index in [-0.39, 0.29) is 0 Å². The molecule has 0 N–H and O–H groups in total. The van der Waals surface area contributed by atoms with E-state index in [2.05, 4.69) is 0 Å². The minimum Gasteiger partial charge on any atom is -0.298 e. The van der Waals surface area contributed by atoms with Crippen LogP contribution in [0, 0.1) is 6.92 Å². The summed E-state index contributed by atoms with van der Waals surface area (Å²) >= 11 is 0. The molecule has 0 radical (unpaired) electrons. The molecule has 0 saturated heterocycles. The number of carbonyl (C=O) groups excluding carboxylic acids is 1. The van der Waals surface area contributed by atoms with E-state index in [1.165, 1.54) is 0 Å². The molecule has 0 aliphatic heterocycles. The Labute approximate surface area is 99.3 Å². The topological polar surface area (TPSA) is 34.1 Å². The zero-order valence-electron chi connectivity index (χ0n) is 9.08. The molecule has 0 unspecified atom stereocenters. The molecule has 0 aromatic heterocycles. The van der Waals surface area contributed by atoms with E-state index in [0.29, 0.717) is 4.90 Å². The third-order valence-corrected chi connectivity index (χ3v) is 3.36. The van der Waals surface area contributed by atoms with Crippen LogP contribution in [-0.4, -0.2) is 21.9 Å². The Morgan fingerprint density at radius 3 is 2.24 bits per heavy atom. The van der Waals surface area contributed by atoms with Gasteiger partial charge in [0, 0.05) is 4.90 Å². The lowest BCUT2D eigenvalue weighted by atomic mass is 10.2. The first kappa shape index (κ1) is 13.9. The van der Waals surface area contributed by atoms with Gasteiger partial charge in [-0.3, -0.25) is 9.00 Å². The first-order valence-corrected chi connectivity index (χ1v) is 6.13. The number of benzene rings is 1. The van der Waals surface area contributed by atoms with Crippen molar-refractivity contribution in [2.24, 2.45) is 0 Å². The molecule has 0 aliphatic rings. The molecule has 1 rings (SSSR count). The fourth-order valence-electron chi connectivity index (χ4n) is 1.19. The number of rotatable bonds is 4. The molecule has 0 heterocycles. The van der Waals surface area contributed by atoms with Gasteiger partial charge in [0.2, 0.25) is 0 Å². The number of halogens is 3. The van der Waals surface area contributed by atoms with E-state index >= 15 is 0 Å². The molecule has 2 nitrogen and oxygen atoms in total. The minimum atomic E-state index is -4.53. The van der Waals surface area contributed by atoms with Crippen LogP contribution >= 0.6 is 0 Å². The second-order valence-corrected chi connectivity index (χ2v) is 5.08. The van der Waals surface area contributed by atoms with E-state index in [1.54, 1.807) is 24.3 Å². The largest absolute Gasteiger partial charge is 0.395 e. The molecule has 94 valence electrons. The average Bonchev–Trinajstić information content (AvgIpc) is 2.15. The van der Waals surface area contributed by atoms with Gasteiger partial charge in [-0.2, -0.15) is 13.2 Å². The Balaban J connectivity index is 2.61. The van der Waals surface area contributed by atoms with Crippen molar-refractivity contribution in [1.82, 2.24) is 0 Å². The Morgan fingerprint density at radius 1 is 1.24 bits per heavy atom. The second kappa shape index (κ2) is 5.44. The summed E-state index contributed by atoms with van der Waals surface area (Å²) in [6.07, 6.45) is -6.06. The Morgan fingerprint density at radius 2 is 1.76 bits per heavy atom. The standard InChI is InChI=1S/C11H11F3O2S/c1-8-2-4-10(5-3-8)17(16)7-9(15)6-11(12,13)14/h2-5H,6-7H2,1H3/t17-/m1/s1. The van der Waals surface area contributed by atoms with Gasteiger partial charge in [0.25, 0.3) is 0 Å². The number of carbonyl (C=O) groups is 1. The maximum Gasteiger partial charge on any atom is 0.395 e. The summed E-state index contributed by atoms with van der Waals surface area (Å²) in [4.78, 5) is 11.4. The van der Waals surface area contributed by atoms with Crippen LogP contribution in [0.2, 0.25) is 0 Å². The van der Waals surface area contributed by atoms with Crippen LogP contribution in [0.15, 0.2) is 29.2 Å². The zero-order chi connectivity index (χ0) is 13.1. The quantitative estimate of drug-likeness (QED) is 0.837. The van der Waals surface area contributed by atoms with Crippen LogP contribution < -0.4 is 0 Å². The lowest BCUT2D eigenvalue weighted by molar-refractivity contribution is -0.150. The van der Waals surface area contributed by atoms with Gasteiger partial charge in [-0.15, -0.1) is 0 Å². The van der Waals surface area contributed by atoms with Gasteiger partial charge in [0.1, 0.15) is 6.42 Å². The fraction of sp³-hybridized carbons (Fsp3) is 0.364. The number of hydrogen-bond acceptors (Lipinski definition) is 2. The predicted molar refractivity (Wildman–Crippen MR) is 58.1 cm³/mol. The van der Waals surface area contributed by atoms with Crippen LogP contribution in [0.4, 0.5) is 13.2 Å². The minimum absolute atomic E-state index is 0.367. The first-order valence-electron chi connectivity index (χ1n) is 4.81. The van der Waals surface area contributed by atoms with Crippen molar-refractivity contribution in [3.05, 3.63) is 29.8 Å². The molecular weight excluding hydrogens is 253 g/mol. The average molecular weight is 264 g/mol. The molecule has 1 atom stereocenters. The number of alkyl halides is 3. The lowest BCUT2D eigenvalue weighted by Crippen LogP contribution is -2.19. The number of ketones is 1. The molecular formula is C11H11F3O2S. The van der Waals surface area contributed by atoms with Crippen LogP contribution in [0.25, 0.3) is 0 Å². The Hall–Kier alpha value is -1.17. The van der Waals surface area contributed by atoms with Crippen molar-refractivity contribution < 1.29 is 22.2 Å². The normalized spacial score (nSPS) is 13.4. The Bertz CT molecular complexity index is 423. The van der Waals surface area contributed by atoms with E-state index < -0.39 is 34.9 Å². The van der Waals surface area contributed by atoms with E-state index in [1.807, 2.05) is 6.92 Å². The van der Waals surface area contributed by atoms with E-state index in [9.17, 15) is 22.2 Å². The first-order chi connectivity index (χ1) is 7.78. The maximum atomic E-state index is 11.9. The highest BCUT2D eigenvalue weighted by Crippen LogP contribution is 2.20. The number of aryl methyl sites for hydroxylation is 1. The summed E-state index contributed by atoms with van der Waals surface area (Å²) in [5, 5.41) is 0. The number of hydrogen-bond donors (Lipinski definition) is 0. The fourth-order valence-corrected chi connectivity index (χ4v) is 2.20. The van der Waals surface area contributed by atoms with Gasteiger partial charge in [0.15, 0.2) is 5.78 Å². The van der Waals surface area contributed by atoms with Gasteiger partial charge in [-0.1, -0.05) is 17.7 Å². The summed E-state index contributed by atoms with van der Waals surface area (Å²) in [5.41, 5.74) is 0.951. The summed E-state index contributed by atoms with van der Waals surface area (Å²) < 4.78 is 47.3. The van der Waals surface area contributed by atoms with Crippen molar-refractivity contribution in [3.8, 4) is 0 Å². The van der Waals surface area contributed by atoms with Crippen molar-refractivity contribution >= 4 is 16.6 Å². The maximum absolute atomic E-state index is 11.9. The molecule has 0 spiro atoms. The zero-order valence-corrected chi connectivity index (χ0v) is 9.90. The molecule has 0 fully saturated rings. The molecule has 0 bridgehead atoms. The third kappa shape index (κ3) is 5.12. The monoisotopic (exact) mass is 264 g/mol. The smallest absolute Gasteiger partial charge is 0.298 e. The summed E-state index contributed by atoms with van der Waals surface area (Å²) in [7, 11) is -1.71. The van der Waals surface area contributed by atoms with Crippen molar-refractivity contribution in [2.45, 2.75) is 24.4 Å². The van der Waals surface area contributed by atoms with Gasteiger partial charge >= 0.3 is 6.18 Å². The molecule has 0 amide bonds. The van der Waals surface area contributed by atoms with Crippen molar-refractivity contribution in [2.75, 3.05) is 5.75 Å². The number of Topliss-reactive ketones (excluding diaryl/α,β-unsaturated/α-hetero) is 1. The summed E-state index contributed by atoms with van der Waals surface area (Å²) in [5.74, 6) is -1.65.